The van der Waals surface area contributed by atoms with Crippen LogP contribution in [0.1, 0.15) is 29.3 Å². The van der Waals surface area contributed by atoms with E-state index in [2.05, 4.69) is 5.32 Å². The minimum Gasteiger partial charge on any atom is -0.480 e. The number of rotatable bonds is 9. The summed E-state index contributed by atoms with van der Waals surface area (Å²) in [7, 11) is 0. The summed E-state index contributed by atoms with van der Waals surface area (Å²) in [5, 5.41) is 23.4. The third kappa shape index (κ3) is 5.53. The van der Waals surface area contributed by atoms with E-state index in [0.717, 1.165) is 5.56 Å². The number of hydrogen-bond donors (Lipinski definition) is 2. The topological polar surface area (TPSA) is 113 Å². The average molecular weight is 371 g/mol. The second-order valence-corrected chi connectivity index (χ2v) is 5.95. The number of carboxylic acids is 1. The Balaban J connectivity index is 2.24. The Kier molecular flexibility index (Phi) is 6.87. The van der Waals surface area contributed by atoms with Crippen LogP contribution in [0.15, 0.2) is 48.5 Å². The standard InChI is InChI=1S/C19H21N3O5/c1-2-10-21(13-18(23)24)19(25)15-8-9-16(17(11-15)22(26)27)20-12-14-6-4-3-5-7-14/h3-9,11,20H,2,10,12-13H2,1H3,(H,23,24). The number of nitrogens with one attached hydrogen (secondary N) is 1. The normalized spacial score (nSPS) is 10.3. The maximum atomic E-state index is 12.6. The lowest BCUT2D eigenvalue weighted by molar-refractivity contribution is -0.384. The number of carboxylic acid groups (broad SMARTS) is 1. The maximum Gasteiger partial charge on any atom is 0.323 e. The summed E-state index contributed by atoms with van der Waals surface area (Å²) in [4.78, 5) is 35.5. The molecule has 2 rings (SSSR count). The maximum absolute atomic E-state index is 12.6. The first-order valence-electron chi connectivity index (χ1n) is 8.49. The van der Waals surface area contributed by atoms with Crippen LogP contribution < -0.4 is 5.32 Å². The first-order valence-corrected chi connectivity index (χ1v) is 8.49. The Hall–Kier alpha value is -3.42. The zero-order valence-corrected chi connectivity index (χ0v) is 14.9. The lowest BCUT2D eigenvalue weighted by Gasteiger charge is -2.20. The van der Waals surface area contributed by atoms with Gasteiger partial charge in [0.1, 0.15) is 12.2 Å². The Labute approximate surface area is 156 Å². The molecule has 0 aliphatic carbocycles. The molecule has 0 fully saturated rings. The summed E-state index contributed by atoms with van der Waals surface area (Å²) in [5.41, 5.74) is 1.11. The van der Waals surface area contributed by atoms with E-state index < -0.39 is 23.3 Å². The number of nitrogens with zero attached hydrogens (tertiary/aromatic N) is 2. The van der Waals surface area contributed by atoms with Gasteiger partial charge < -0.3 is 15.3 Å². The van der Waals surface area contributed by atoms with E-state index in [9.17, 15) is 19.7 Å². The van der Waals surface area contributed by atoms with Crippen molar-refractivity contribution in [1.29, 1.82) is 0 Å². The summed E-state index contributed by atoms with van der Waals surface area (Å²) >= 11 is 0. The van der Waals surface area contributed by atoms with Crippen LogP contribution in [0, 0.1) is 10.1 Å². The molecule has 0 saturated heterocycles. The van der Waals surface area contributed by atoms with E-state index in [1.54, 1.807) is 0 Å². The number of carbonyl (C=O) groups excluding carboxylic acids is 1. The molecule has 0 bridgehead atoms. The zero-order chi connectivity index (χ0) is 19.8. The van der Waals surface area contributed by atoms with Crippen molar-refractivity contribution in [3.8, 4) is 0 Å². The molecule has 0 radical (unpaired) electrons. The second-order valence-electron chi connectivity index (χ2n) is 5.95. The first kappa shape index (κ1) is 19.9. The number of aliphatic carboxylic acids is 1. The van der Waals surface area contributed by atoms with Crippen LogP contribution in [0.5, 0.6) is 0 Å². The van der Waals surface area contributed by atoms with E-state index in [0.29, 0.717) is 18.7 Å². The van der Waals surface area contributed by atoms with Gasteiger partial charge in [-0.05, 0) is 24.1 Å². The van der Waals surface area contributed by atoms with Crippen molar-refractivity contribution >= 4 is 23.3 Å². The molecule has 2 aromatic carbocycles. The molecule has 2 aromatic rings. The highest BCUT2D eigenvalue weighted by molar-refractivity contribution is 5.97. The van der Waals surface area contributed by atoms with E-state index in [1.807, 2.05) is 37.3 Å². The lowest BCUT2D eigenvalue weighted by atomic mass is 10.1. The second kappa shape index (κ2) is 9.33. The third-order valence-corrected chi connectivity index (χ3v) is 3.87. The van der Waals surface area contributed by atoms with Gasteiger partial charge >= 0.3 is 5.97 Å². The zero-order valence-electron chi connectivity index (χ0n) is 14.9. The lowest BCUT2D eigenvalue weighted by Crippen LogP contribution is -2.36. The predicted molar refractivity (Wildman–Crippen MR) is 101 cm³/mol. The number of amides is 1. The van der Waals surface area contributed by atoms with Crippen LogP contribution in [-0.2, 0) is 11.3 Å². The Morgan fingerprint density at radius 1 is 1.19 bits per heavy atom. The molecule has 8 nitrogen and oxygen atoms in total. The molecule has 8 heteroatoms. The molecule has 0 aromatic heterocycles. The highest BCUT2D eigenvalue weighted by Gasteiger charge is 2.22. The molecule has 0 aliphatic heterocycles. The fourth-order valence-corrected chi connectivity index (χ4v) is 2.63. The van der Waals surface area contributed by atoms with Crippen LogP contribution in [0.4, 0.5) is 11.4 Å². The number of benzene rings is 2. The minimum absolute atomic E-state index is 0.0849. The molecular weight excluding hydrogens is 350 g/mol. The Morgan fingerprint density at radius 3 is 2.48 bits per heavy atom. The van der Waals surface area contributed by atoms with Crippen molar-refractivity contribution in [2.24, 2.45) is 0 Å². The van der Waals surface area contributed by atoms with Crippen molar-refractivity contribution in [3.63, 3.8) is 0 Å². The molecular formula is C19H21N3O5. The molecule has 0 spiro atoms. The first-order chi connectivity index (χ1) is 12.9. The van der Waals surface area contributed by atoms with Crippen molar-refractivity contribution in [2.45, 2.75) is 19.9 Å². The van der Waals surface area contributed by atoms with E-state index in [1.165, 1.54) is 23.1 Å². The van der Waals surface area contributed by atoms with Gasteiger partial charge in [-0.15, -0.1) is 0 Å². The smallest absolute Gasteiger partial charge is 0.323 e. The van der Waals surface area contributed by atoms with Crippen LogP contribution in [0.3, 0.4) is 0 Å². The molecule has 0 heterocycles. The van der Waals surface area contributed by atoms with Crippen molar-refractivity contribution in [1.82, 2.24) is 4.90 Å². The number of anilines is 1. The van der Waals surface area contributed by atoms with Crippen LogP contribution in [-0.4, -0.2) is 39.9 Å². The molecule has 27 heavy (non-hydrogen) atoms. The fraction of sp³-hybridized carbons (Fsp3) is 0.263. The number of hydrogen-bond acceptors (Lipinski definition) is 5. The van der Waals surface area contributed by atoms with Gasteiger partial charge in [0, 0.05) is 24.7 Å². The summed E-state index contributed by atoms with van der Waals surface area (Å²) < 4.78 is 0. The Morgan fingerprint density at radius 2 is 1.89 bits per heavy atom. The molecule has 2 N–H and O–H groups in total. The molecule has 0 unspecified atom stereocenters. The molecule has 1 amide bonds. The van der Waals surface area contributed by atoms with E-state index in [4.69, 9.17) is 5.11 Å². The van der Waals surface area contributed by atoms with Crippen LogP contribution >= 0.6 is 0 Å². The summed E-state index contributed by atoms with van der Waals surface area (Å²) in [5.74, 6) is -1.68. The SMILES string of the molecule is CCCN(CC(=O)O)C(=O)c1ccc(NCc2ccccc2)c([N+](=O)[O-])c1. The van der Waals surface area contributed by atoms with Crippen LogP contribution in [0.2, 0.25) is 0 Å². The van der Waals surface area contributed by atoms with Gasteiger partial charge in [0.2, 0.25) is 0 Å². The summed E-state index contributed by atoms with van der Waals surface area (Å²) in [6.07, 6.45) is 0.581. The van der Waals surface area contributed by atoms with Gasteiger partial charge in [0.15, 0.2) is 0 Å². The van der Waals surface area contributed by atoms with Gasteiger partial charge in [-0.3, -0.25) is 19.7 Å². The molecule has 0 saturated carbocycles. The molecule has 142 valence electrons. The summed E-state index contributed by atoms with van der Waals surface area (Å²) in [6.45, 7) is 2.03. The fourth-order valence-electron chi connectivity index (χ4n) is 2.63. The third-order valence-electron chi connectivity index (χ3n) is 3.87. The van der Waals surface area contributed by atoms with E-state index >= 15 is 0 Å². The highest BCUT2D eigenvalue weighted by Crippen LogP contribution is 2.27. The molecule has 0 atom stereocenters. The summed E-state index contributed by atoms with van der Waals surface area (Å²) in [6, 6.07) is 13.5. The molecule has 0 aliphatic rings. The van der Waals surface area contributed by atoms with Gasteiger partial charge in [0.25, 0.3) is 11.6 Å². The number of nitro groups is 1. The van der Waals surface area contributed by atoms with Crippen LogP contribution in [0.25, 0.3) is 0 Å². The highest BCUT2D eigenvalue weighted by atomic mass is 16.6. The number of nitro benzene ring substituents is 1. The van der Waals surface area contributed by atoms with Crippen molar-refractivity contribution < 1.29 is 19.6 Å². The van der Waals surface area contributed by atoms with Gasteiger partial charge in [-0.2, -0.15) is 0 Å². The quantitative estimate of drug-likeness (QED) is 0.517. The van der Waals surface area contributed by atoms with Gasteiger partial charge in [-0.25, -0.2) is 0 Å². The number of carbonyl (C=O) groups is 2. The Bertz CT molecular complexity index is 823. The largest absolute Gasteiger partial charge is 0.480 e. The minimum atomic E-state index is -1.13. The van der Waals surface area contributed by atoms with Crippen molar-refractivity contribution in [3.05, 3.63) is 69.8 Å². The van der Waals surface area contributed by atoms with Gasteiger partial charge in [0.05, 0.1) is 4.92 Å². The van der Waals surface area contributed by atoms with Crippen molar-refractivity contribution in [2.75, 3.05) is 18.4 Å². The monoisotopic (exact) mass is 371 g/mol. The predicted octanol–water partition coefficient (Wildman–Crippen LogP) is 3.14. The van der Waals surface area contributed by atoms with E-state index in [-0.39, 0.29) is 17.8 Å². The average Bonchev–Trinajstić information content (AvgIpc) is 2.65. The van der Waals surface area contributed by atoms with Gasteiger partial charge in [-0.1, -0.05) is 37.3 Å².